The SMILES string of the molecule is NC(=O)N1C(=O)NC(c2ccccc2)(c2ccccc2)C1=O. The molecular formula is C16H13N3O3. The summed E-state index contributed by atoms with van der Waals surface area (Å²) in [6.45, 7) is 0. The molecule has 1 saturated heterocycles. The minimum atomic E-state index is -1.45. The highest BCUT2D eigenvalue weighted by Gasteiger charge is 2.55. The van der Waals surface area contributed by atoms with Crippen molar-refractivity contribution in [3.05, 3.63) is 71.8 Å². The molecule has 3 N–H and O–H groups in total. The Balaban J connectivity index is 2.25. The van der Waals surface area contributed by atoms with Crippen LogP contribution in [-0.2, 0) is 10.3 Å². The molecule has 0 radical (unpaired) electrons. The van der Waals surface area contributed by atoms with E-state index in [1.807, 2.05) is 0 Å². The van der Waals surface area contributed by atoms with Gasteiger partial charge in [0.1, 0.15) is 0 Å². The van der Waals surface area contributed by atoms with Crippen LogP contribution in [0.25, 0.3) is 0 Å². The number of hydrogen-bond acceptors (Lipinski definition) is 3. The standard InChI is InChI=1S/C16H13N3O3/c17-14(21)19-13(20)16(18-15(19)22,11-7-3-1-4-8-11)12-9-5-2-6-10-12/h1-10H,(H2,17,21)(H,18,22). The molecule has 22 heavy (non-hydrogen) atoms. The monoisotopic (exact) mass is 295 g/mol. The predicted octanol–water partition coefficient (Wildman–Crippen LogP) is 1.56. The van der Waals surface area contributed by atoms with E-state index in [0.29, 0.717) is 16.0 Å². The first-order valence-electron chi connectivity index (χ1n) is 6.64. The van der Waals surface area contributed by atoms with Gasteiger partial charge in [-0.1, -0.05) is 60.7 Å². The molecule has 0 saturated carbocycles. The lowest BCUT2D eigenvalue weighted by atomic mass is 9.83. The number of primary amides is 1. The normalized spacial score (nSPS) is 16.5. The van der Waals surface area contributed by atoms with Crippen LogP contribution in [0.2, 0.25) is 0 Å². The summed E-state index contributed by atoms with van der Waals surface area (Å²) in [6.07, 6.45) is 0. The molecule has 0 aromatic heterocycles. The summed E-state index contributed by atoms with van der Waals surface area (Å²) >= 11 is 0. The van der Waals surface area contributed by atoms with Crippen LogP contribution in [0.3, 0.4) is 0 Å². The summed E-state index contributed by atoms with van der Waals surface area (Å²) < 4.78 is 0. The average Bonchev–Trinajstić information content (AvgIpc) is 2.81. The number of nitrogens with zero attached hydrogens (tertiary/aromatic N) is 1. The van der Waals surface area contributed by atoms with E-state index < -0.39 is 23.5 Å². The second kappa shape index (κ2) is 5.00. The lowest BCUT2D eigenvalue weighted by Gasteiger charge is -2.27. The van der Waals surface area contributed by atoms with Gasteiger partial charge in [0.05, 0.1) is 0 Å². The fourth-order valence-corrected chi connectivity index (χ4v) is 2.66. The van der Waals surface area contributed by atoms with Crippen molar-refractivity contribution in [2.45, 2.75) is 5.54 Å². The minimum absolute atomic E-state index is 0.431. The molecule has 1 heterocycles. The topological polar surface area (TPSA) is 92.5 Å². The fraction of sp³-hybridized carbons (Fsp3) is 0.0625. The van der Waals surface area contributed by atoms with Gasteiger partial charge in [0, 0.05) is 0 Å². The van der Waals surface area contributed by atoms with Crippen molar-refractivity contribution in [2.24, 2.45) is 5.73 Å². The first-order valence-corrected chi connectivity index (χ1v) is 6.64. The van der Waals surface area contributed by atoms with Crippen LogP contribution in [0.5, 0.6) is 0 Å². The fourth-order valence-electron chi connectivity index (χ4n) is 2.66. The van der Waals surface area contributed by atoms with Gasteiger partial charge in [0.25, 0.3) is 5.91 Å². The van der Waals surface area contributed by atoms with Crippen LogP contribution in [0.4, 0.5) is 9.59 Å². The quantitative estimate of drug-likeness (QED) is 0.823. The molecular weight excluding hydrogens is 282 g/mol. The molecule has 2 aromatic carbocycles. The van der Waals surface area contributed by atoms with Crippen LogP contribution < -0.4 is 11.1 Å². The largest absolute Gasteiger partial charge is 0.351 e. The Labute approximate surface area is 126 Å². The molecule has 6 nitrogen and oxygen atoms in total. The van der Waals surface area contributed by atoms with E-state index in [4.69, 9.17) is 5.73 Å². The second-order valence-corrected chi connectivity index (χ2v) is 4.89. The Hall–Kier alpha value is -3.15. The zero-order valence-corrected chi connectivity index (χ0v) is 11.5. The van der Waals surface area contributed by atoms with Gasteiger partial charge in [0.15, 0.2) is 5.54 Å². The summed E-state index contributed by atoms with van der Waals surface area (Å²) in [7, 11) is 0. The maximum Gasteiger partial charge on any atom is 0.333 e. The summed E-state index contributed by atoms with van der Waals surface area (Å²) in [5.41, 5.74) is 4.83. The molecule has 1 fully saturated rings. The van der Waals surface area contributed by atoms with Crippen LogP contribution in [-0.4, -0.2) is 22.9 Å². The molecule has 1 aliphatic rings. The van der Waals surface area contributed by atoms with Crippen LogP contribution >= 0.6 is 0 Å². The minimum Gasteiger partial charge on any atom is -0.351 e. The van der Waals surface area contributed by atoms with Crippen molar-refractivity contribution < 1.29 is 14.4 Å². The molecule has 5 amide bonds. The van der Waals surface area contributed by atoms with Gasteiger partial charge in [-0.15, -0.1) is 0 Å². The van der Waals surface area contributed by atoms with Gasteiger partial charge < -0.3 is 11.1 Å². The Kier molecular flexibility index (Phi) is 3.14. The van der Waals surface area contributed by atoms with Crippen molar-refractivity contribution in [3.63, 3.8) is 0 Å². The van der Waals surface area contributed by atoms with Crippen molar-refractivity contribution in [1.82, 2.24) is 10.2 Å². The molecule has 2 aromatic rings. The number of carbonyl (C=O) groups is 3. The predicted molar refractivity (Wildman–Crippen MR) is 78.6 cm³/mol. The van der Waals surface area contributed by atoms with Crippen LogP contribution in [0.15, 0.2) is 60.7 Å². The third kappa shape index (κ3) is 1.85. The van der Waals surface area contributed by atoms with E-state index in [1.165, 1.54) is 0 Å². The average molecular weight is 295 g/mol. The summed E-state index contributed by atoms with van der Waals surface area (Å²) in [6, 6.07) is 15.6. The molecule has 1 aliphatic heterocycles. The number of benzene rings is 2. The zero-order valence-electron chi connectivity index (χ0n) is 11.5. The maximum atomic E-state index is 12.8. The lowest BCUT2D eigenvalue weighted by molar-refractivity contribution is -0.128. The highest BCUT2D eigenvalue weighted by Crippen LogP contribution is 2.35. The van der Waals surface area contributed by atoms with Gasteiger partial charge >= 0.3 is 12.1 Å². The Morgan fingerprint density at radius 2 is 1.36 bits per heavy atom. The highest BCUT2D eigenvalue weighted by molar-refractivity contribution is 6.19. The van der Waals surface area contributed by atoms with E-state index in [1.54, 1.807) is 60.7 Å². The molecule has 0 aliphatic carbocycles. The Morgan fingerprint density at radius 1 is 0.909 bits per heavy atom. The Morgan fingerprint density at radius 3 is 1.73 bits per heavy atom. The van der Waals surface area contributed by atoms with Crippen LogP contribution in [0.1, 0.15) is 11.1 Å². The number of nitrogens with one attached hydrogen (secondary N) is 1. The van der Waals surface area contributed by atoms with Gasteiger partial charge in [0.2, 0.25) is 0 Å². The first-order chi connectivity index (χ1) is 10.6. The van der Waals surface area contributed by atoms with Crippen molar-refractivity contribution in [2.75, 3.05) is 0 Å². The summed E-state index contributed by atoms with van der Waals surface area (Å²) in [5, 5.41) is 2.62. The van der Waals surface area contributed by atoms with E-state index in [-0.39, 0.29) is 0 Å². The second-order valence-electron chi connectivity index (χ2n) is 4.89. The summed E-state index contributed by atoms with van der Waals surface area (Å²) in [5.74, 6) is -0.706. The van der Waals surface area contributed by atoms with E-state index in [9.17, 15) is 14.4 Å². The number of rotatable bonds is 2. The van der Waals surface area contributed by atoms with Crippen molar-refractivity contribution in [3.8, 4) is 0 Å². The van der Waals surface area contributed by atoms with Crippen LogP contribution in [0, 0.1) is 0 Å². The number of hydrogen-bond donors (Lipinski definition) is 2. The Bertz CT molecular complexity index is 704. The van der Waals surface area contributed by atoms with E-state index in [0.717, 1.165) is 0 Å². The number of urea groups is 2. The van der Waals surface area contributed by atoms with Gasteiger partial charge in [-0.3, -0.25) is 4.79 Å². The summed E-state index contributed by atoms with van der Waals surface area (Å²) in [4.78, 5) is 36.8. The molecule has 110 valence electrons. The molecule has 0 unspecified atom stereocenters. The number of nitrogens with two attached hydrogens (primary N) is 1. The highest BCUT2D eigenvalue weighted by atomic mass is 16.2. The first kappa shape index (κ1) is 13.8. The zero-order chi connectivity index (χ0) is 15.7. The maximum absolute atomic E-state index is 12.8. The number of amides is 5. The smallest absolute Gasteiger partial charge is 0.333 e. The molecule has 3 rings (SSSR count). The number of carbonyl (C=O) groups excluding carboxylic acids is 3. The van der Waals surface area contributed by atoms with E-state index >= 15 is 0 Å². The van der Waals surface area contributed by atoms with Crippen molar-refractivity contribution in [1.29, 1.82) is 0 Å². The van der Waals surface area contributed by atoms with Gasteiger partial charge in [-0.25, -0.2) is 9.59 Å². The van der Waals surface area contributed by atoms with Gasteiger partial charge in [-0.05, 0) is 11.1 Å². The molecule has 6 heteroatoms. The third-order valence-electron chi connectivity index (χ3n) is 3.66. The van der Waals surface area contributed by atoms with Gasteiger partial charge in [-0.2, -0.15) is 4.90 Å². The third-order valence-corrected chi connectivity index (χ3v) is 3.66. The number of imide groups is 3. The molecule has 0 spiro atoms. The van der Waals surface area contributed by atoms with Crippen molar-refractivity contribution >= 4 is 18.0 Å². The van der Waals surface area contributed by atoms with E-state index in [2.05, 4.69) is 5.32 Å². The molecule has 0 atom stereocenters. The molecule has 0 bridgehead atoms. The lowest BCUT2D eigenvalue weighted by Crippen LogP contribution is -2.46.